The summed E-state index contributed by atoms with van der Waals surface area (Å²) in [6, 6.07) is 0.720. The van der Waals surface area contributed by atoms with E-state index in [1.807, 2.05) is 17.3 Å². The minimum atomic E-state index is -0.171. The van der Waals surface area contributed by atoms with Crippen LogP contribution in [0.5, 0.6) is 0 Å². The highest BCUT2D eigenvalue weighted by molar-refractivity contribution is 5.68. The van der Waals surface area contributed by atoms with Crippen LogP contribution in [-0.2, 0) is 11.8 Å². The van der Waals surface area contributed by atoms with Crippen molar-refractivity contribution in [2.24, 2.45) is 12.5 Å². The summed E-state index contributed by atoms with van der Waals surface area (Å²) in [6.07, 6.45) is 8.68. The summed E-state index contributed by atoms with van der Waals surface area (Å²) in [4.78, 5) is 20.5. The van der Waals surface area contributed by atoms with E-state index in [-0.39, 0.29) is 6.09 Å². The Morgan fingerprint density at radius 1 is 1.30 bits per heavy atom. The standard InChI is InChI=1S/C17H26N4O2/c1-19-8-5-18-15(19)13-3-6-20(7-4-13)14-9-17(10-14)11-21(12-17)16(22)23-2/h5,8,13-14H,3-4,6-7,9-12H2,1-2H3. The second-order valence-corrected chi connectivity index (χ2v) is 7.59. The molecule has 126 valence electrons. The number of likely N-dealkylation sites (tertiary alicyclic amines) is 2. The number of hydrogen-bond donors (Lipinski definition) is 0. The van der Waals surface area contributed by atoms with Crippen molar-refractivity contribution in [2.45, 2.75) is 37.6 Å². The summed E-state index contributed by atoms with van der Waals surface area (Å²) >= 11 is 0. The van der Waals surface area contributed by atoms with Crippen LogP contribution < -0.4 is 0 Å². The fraction of sp³-hybridized carbons (Fsp3) is 0.765. The maximum atomic E-state index is 11.5. The molecule has 0 N–H and O–H groups in total. The predicted octanol–water partition coefficient (Wildman–Crippen LogP) is 1.83. The fourth-order valence-electron chi connectivity index (χ4n) is 4.77. The van der Waals surface area contributed by atoms with E-state index < -0.39 is 0 Å². The van der Waals surface area contributed by atoms with Gasteiger partial charge in [0.25, 0.3) is 0 Å². The average molecular weight is 318 g/mol. The zero-order valence-electron chi connectivity index (χ0n) is 14.1. The van der Waals surface area contributed by atoms with Gasteiger partial charge >= 0.3 is 6.09 Å². The van der Waals surface area contributed by atoms with Crippen LogP contribution in [0.15, 0.2) is 12.4 Å². The van der Waals surface area contributed by atoms with Gasteiger partial charge in [-0.25, -0.2) is 9.78 Å². The molecule has 0 unspecified atom stereocenters. The van der Waals surface area contributed by atoms with Crippen LogP contribution in [-0.4, -0.2) is 64.8 Å². The number of imidazole rings is 1. The van der Waals surface area contributed by atoms with E-state index in [0.717, 1.165) is 19.1 Å². The van der Waals surface area contributed by atoms with E-state index in [9.17, 15) is 4.79 Å². The first kappa shape index (κ1) is 15.0. The van der Waals surface area contributed by atoms with Crippen molar-refractivity contribution in [2.75, 3.05) is 33.3 Å². The summed E-state index contributed by atoms with van der Waals surface area (Å²) in [6.45, 7) is 4.14. The normalized spacial score (nSPS) is 25.2. The van der Waals surface area contributed by atoms with Crippen LogP contribution in [0.2, 0.25) is 0 Å². The van der Waals surface area contributed by atoms with E-state index in [0.29, 0.717) is 11.3 Å². The van der Waals surface area contributed by atoms with Gasteiger partial charge < -0.3 is 19.1 Å². The number of aryl methyl sites for hydroxylation is 1. The zero-order valence-corrected chi connectivity index (χ0v) is 14.1. The predicted molar refractivity (Wildman–Crippen MR) is 86.2 cm³/mol. The summed E-state index contributed by atoms with van der Waals surface area (Å²) < 4.78 is 6.95. The van der Waals surface area contributed by atoms with Crippen molar-refractivity contribution in [1.82, 2.24) is 19.4 Å². The number of ether oxygens (including phenoxy) is 1. The van der Waals surface area contributed by atoms with Crippen LogP contribution >= 0.6 is 0 Å². The first-order chi connectivity index (χ1) is 11.1. The van der Waals surface area contributed by atoms with Crippen LogP contribution in [0.3, 0.4) is 0 Å². The third-order valence-corrected chi connectivity index (χ3v) is 6.09. The largest absolute Gasteiger partial charge is 0.453 e. The molecule has 0 bridgehead atoms. The summed E-state index contributed by atoms with van der Waals surface area (Å²) in [5.41, 5.74) is 0.398. The summed E-state index contributed by atoms with van der Waals surface area (Å²) in [5, 5.41) is 0. The van der Waals surface area contributed by atoms with Gasteiger partial charge in [-0.2, -0.15) is 0 Å². The Kier molecular flexibility index (Phi) is 3.59. The molecule has 0 radical (unpaired) electrons. The van der Waals surface area contributed by atoms with Gasteiger partial charge in [-0.1, -0.05) is 0 Å². The summed E-state index contributed by atoms with van der Waals surface area (Å²) in [7, 11) is 3.55. The first-order valence-corrected chi connectivity index (χ1v) is 8.64. The molecule has 3 aliphatic rings. The number of nitrogens with zero attached hydrogens (tertiary/aromatic N) is 4. The Labute approximate surface area is 137 Å². The van der Waals surface area contributed by atoms with Crippen LogP contribution in [0, 0.1) is 5.41 Å². The molecule has 3 fully saturated rings. The van der Waals surface area contributed by atoms with E-state index in [1.54, 1.807) is 0 Å². The van der Waals surface area contributed by atoms with E-state index in [2.05, 4.69) is 21.5 Å². The Morgan fingerprint density at radius 3 is 2.57 bits per heavy atom. The lowest BCUT2D eigenvalue weighted by Crippen LogP contribution is -2.67. The minimum Gasteiger partial charge on any atom is -0.453 e. The average Bonchev–Trinajstić information content (AvgIpc) is 2.91. The Morgan fingerprint density at radius 2 is 2.00 bits per heavy atom. The number of carbonyl (C=O) groups is 1. The highest BCUT2D eigenvalue weighted by Crippen LogP contribution is 2.51. The molecule has 4 rings (SSSR count). The molecule has 6 heteroatoms. The molecule has 23 heavy (non-hydrogen) atoms. The van der Waals surface area contributed by atoms with Gasteiger partial charge in [0.15, 0.2) is 0 Å². The Balaban J connectivity index is 1.24. The van der Waals surface area contributed by atoms with Crippen molar-refractivity contribution in [3.05, 3.63) is 18.2 Å². The number of methoxy groups -OCH3 is 1. The van der Waals surface area contributed by atoms with Gasteiger partial charge in [-0.15, -0.1) is 0 Å². The summed E-state index contributed by atoms with van der Waals surface area (Å²) in [5.74, 6) is 1.85. The maximum Gasteiger partial charge on any atom is 0.409 e. The number of hydrogen-bond acceptors (Lipinski definition) is 4. The quantitative estimate of drug-likeness (QED) is 0.835. The molecular weight excluding hydrogens is 292 g/mol. The third-order valence-electron chi connectivity index (χ3n) is 6.09. The van der Waals surface area contributed by atoms with Crippen molar-refractivity contribution >= 4 is 6.09 Å². The minimum absolute atomic E-state index is 0.171. The van der Waals surface area contributed by atoms with Gasteiger partial charge in [0.1, 0.15) is 5.82 Å². The van der Waals surface area contributed by atoms with Gasteiger partial charge in [-0.3, -0.25) is 0 Å². The number of piperidine rings is 1. The molecule has 1 saturated carbocycles. The van der Waals surface area contributed by atoms with Crippen molar-refractivity contribution < 1.29 is 9.53 Å². The van der Waals surface area contributed by atoms with Crippen LogP contribution in [0.1, 0.15) is 37.4 Å². The first-order valence-electron chi connectivity index (χ1n) is 8.64. The molecule has 0 atom stereocenters. The third kappa shape index (κ3) is 2.53. The molecule has 1 aromatic heterocycles. The fourth-order valence-corrected chi connectivity index (χ4v) is 4.77. The second-order valence-electron chi connectivity index (χ2n) is 7.59. The molecule has 1 spiro atoms. The lowest BCUT2D eigenvalue weighted by Gasteiger charge is -2.61. The number of amides is 1. The van der Waals surface area contributed by atoms with Crippen molar-refractivity contribution in [3.8, 4) is 0 Å². The molecule has 0 aromatic carbocycles. The SMILES string of the molecule is COC(=O)N1CC2(CC(N3CCC(c4nccn4C)CC3)C2)C1. The highest BCUT2D eigenvalue weighted by atomic mass is 16.5. The second kappa shape index (κ2) is 5.51. The zero-order chi connectivity index (χ0) is 16.0. The molecule has 3 heterocycles. The number of aromatic nitrogens is 2. The molecule has 2 aliphatic heterocycles. The van der Waals surface area contributed by atoms with E-state index in [1.165, 1.54) is 51.7 Å². The Bertz CT molecular complexity index is 577. The van der Waals surface area contributed by atoms with E-state index >= 15 is 0 Å². The smallest absolute Gasteiger partial charge is 0.409 e. The molecule has 1 amide bonds. The van der Waals surface area contributed by atoms with Crippen molar-refractivity contribution in [3.63, 3.8) is 0 Å². The lowest BCUT2D eigenvalue weighted by atomic mass is 9.60. The van der Waals surface area contributed by atoms with Gasteiger partial charge in [-0.05, 0) is 38.8 Å². The molecule has 1 aromatic rings. The lowest BCUT2D eigenvalue weighted by molar-refractivity contribution is -0.102. The van der Waals surface area contributed by atoms with Gasteiger partial charge in [0.2, 0.25) is 0 Å². The van der Waals surface area contributed by atoms with Crippen LogP contribution in [0.25, 0.3) is 0 Å². The molecule has 6 nitrogen and oxygen atoms in total. The van der Waals surface area contributed by atoms with Gasteiger partial charge in [0.05, 0.1) is 7.11 Å². The monoisotopic (exact) mass is 318 g/mol. The topological polar surface area (TPSA) is 50.6 Å². The number of carbonyl (C=O) groups excluding carboxylic acids is 1. The highest BCUT2D eigenvalue weighted by Gasteiger charge is 2.55. The molecule has 1 aliphatic carbocycles. The maximum absolute atomic E-state index is 11.5. The molecule has 2 saturated heterocycles. The van der Waals surface area contributed by atoms with Crippen molar-refractivity contribution in [1.29, 1.82) is 0 Å². The number of rotatable bonds is 2. The van der Waals surface area contributed by atoms with E-state index in [4.69, 9.17) is 4.74 Å². The molecular formula is C17H26N4O2. The Hall–Kier alpha value is -1.56. The van der Waals surface area contributed by atoms with Crippen LogP contribution in [0.4, 0.5) is 4.79 Å². The van der Waals surface area contributed by atoms with Gasteiger partial charge in [0, 0.05) is 49.9 Å².